The van der Waals surface area contributed by atoms with Crippen LogP contribution in [-0.4, -0.2) is 25.7 Å². The molecule has 3 aromatic carbocycles. The third-order valence-corrected chi connectivity index (χ3v) is 6.49. The molecular formula is C28H34N2O. The molecule has 0 radical (unpaired) electrons. The SMILES string of the molecule is CCc1ccc(OC)c(CN[C@H]2CCCN[C@H]2C(c2ccccc2)c2ccccc2)c1. The van der Waals surface area contributed by atoms with Crippen LogP contribution in [0.2, 0.25) is 0 Å². The molecule has 3 heteroatoms. The van der Waals surface area contributed by atoms with Crippen molar-refractivity contribution < 1.29 is 4.74 Å². The van der Waals surface area contributed by atoms with Crippen LogP contribution < -0.4 is 15.4 Å². The third kappa shape index (κ3) is 5.17. The molecule has 0 bridgehead atoms. The largest absolute Gasteiger partial charge is 0.496 e. The van der Waals surface area contributed by atoms with Gasteiger partial charge in [0.15, 0.2) is 0 Å². The molecule has 0 amide bonds. The number of hydrogen-bond donors (Lipinski definition) is 2. The molecule has 0 spiro atoms. The molecule has 1 saturated heterocycles. The summed E-state index contributed by atoms with van der Waals surface area (Å²) in [6.07, 6.45) is 3.40. The summed E-state index contributed by atoms with van der Waals surface area (Å²) in [4.78, 5) is 0. The van der Waals surface area contributed by atoms with Gasteiger partial charge in [-0.2, -0.15) is 0 Å². The molecule has 162 valence electrons. The molecule has 4 rings (SSSR count). The molecule has 2 atom stereocenters. The zero-order valence-corrected chi connectivity index (χ0v) is 18.7. The van der Waals surface area contributed by atoms with Gasteiger partial charge in [0.2, 0.25) is 0 Å². The van der Waals surface area contributed by atoms with E-state index in [-0.39, 0.29) is 0 Å². The Morgan fingerprint density at radius 1 is 0.968 bits per heavy atom. The summed E-state index contributed by atoms with van der Waals surface area (Å²) in [6.45, 7) is 4.08. The highest BCUT2D eigenvalue weighted by Gasteiger charge is 2.33. The summed E-state index contributed by atoms with van der Waals surface area (Å²) in [6, 6.07) is 29.1. The van der Waals surface area contributed by atoms with Crippen molar-refractivity contribution in [1.29, 1.82) is 0 Å². The maximum atomic E-state index is 5.64. The van der Waals surface area contributed by atoms with Crippen molar-refractivity contribution in [3.63, 3.8) is 0 Å². The first-order valence-electron chi connectivity index (χ1n) is 11.5. The maximum absolute atomic E-state index is 5.64. The van der Waals surface area contributed by atoms with E-state index in [4.69, 9.17) is 4.74 Å². The van der Waals surface area contributed by atoms with Crippen LogP contribution in [0.4, 0.5) is 0 Å². The Labute approximate surface area is 186 Å². The van der Waals surface area contributed by atoms with E-state index >= 15 is 0 Å². The molecule has 3 nitrogen and oxygen atoms in total. The molecule has 3 aromatic rings. The van der Waals surface area contributed by atoms with Crippen LogP contribution in [0.5, 0.6) is 5.75 Å². The van der Waals surface area contributed by atoms with E-state index in [9.17, 15) is 0 Å². The van der Waals surface area contributed by atoms with E-state index < -0.39 is 0 Å². The molecule has 1 aliphatic heterocycles. The first kappa shape index (κ1) is 21.6. The fourth-order valence-electron chi connectivity index (χ4n) is 4.85. The number of piperidine rings is 1. The van der Waals surface area contributed by atoms with Crippen LogP contribution in [0.3, 0.4) is 0 Å². The summed E-state index contributed by atoms with van der Waals surface area (Å²) in [5.74, 6) is 1.27. The van der Waals surface area contributed by atoms with Crippen LogP contribution in [0.15, 0.2) is 78.9 Å². The Hall–Kier alpha value is -2.62. The molecule has 0 unspecified atom stereocenters. The van der Waals surface area contributed by atoms with E-state index in [1.54, 1.807) is 7.11 Å². The number of nitrogens with one attached hydrogen (secondary N) is 2. The van der Waals surface area contributed by atoms with Gasteiger partial charge in [-0.3, -0.25) is 0 Å². The number of aryl methyl sites for hydroxylation is 1. The quantitative estimate of drug-likeness (QED) is 0.525. The smallest absolute Gasteiger partial charge is 0.123 e. The molecular weight excluding hydrogens is 380 g/mol. The molecule has 1 aliphatic rings. The summed E-state index contributed by atoms with van der Waals surface area (Å²) < 4.78 is 5.64. The fourth-order valence-corrected chi connectivity index (χ4v) is 4.85. The van der Waals surface area contributed by atoms with Gasteiger partial charge in [0.05, 0.1) is 7.11 Å². The minimum absolute atomic E-state index is 0.309. The van der Waals surface area contributed by atoms with E-state index in [0.29, 0.717) is 18.0 Å². The van der Waals surface area contributed by atoms with Crippen LogP contribution in [0.25, 0.3) is 0 Å². The number of hydrogen-bond acceptors (Lipinski definition) is 3. The average Bonchev–Trinajstić information content (AvgIpc) is 2.85. The Bertz CT molecular complexity index is 902. The Balaban J connectivity index is 1.60. The standard InChI is InChI=1S/C28H34N2O/c1-3-21-16-17-26(31-2)24(19-21)20-30-25-15-10-18-29-28(25)27(22-11-6-4-7-12-22)23-13-8-5-9-14-23/h4-9,11-14,16-17,19,25,27-30H,3,10,15,18,20H2,1-2H3/t25-,28+/m0/s1. The Kier molecular flexibility index (Phi) is 7.39. The fraction of sp³-hybridized carbons (Fsp3) is 0.357. The van der Waals surface area contributed by atoms with Gasteiger partial charge in [0, 0.05) is 30.1 Å². The van der Waals surface area contributed by atoms with Gasteiger partial charge in [0.1, 0.15) is 5.75 Å². The van der Waals surface area contributed by atoms with Gasteiger partial charge in [-0.25, -0.2) is 0 Å². The topological polar surface area (TPSA) is 33.3 Å². The van der Waals surface area contributed by atoms with Gasteiger partial charge in [-0.1, -0.05) is 79.7 Å². The lowest BCUT2D eigenvalue weighted by Gasteiger charge is -2.39. The first-order valence-corrected chi connectivity index (χ1v) is 11.5. The molecule has 0 saturated carbocycles. The highest BCUT2D eigenvalue weighted by atomic mass is 16.5. The molecule has 0 aromatic heterocycles. The minimum atomic E-state index is 0.309. The average molecular weight is 415 g/mol. The zero-order chi connectivity index (χ0) is 21.5. The van der Waals surface area contributed by atoms with Crippen molar-refractivity contribution in [2.45, 2.75) is 50.7 Å². The second-order valence-electron chi connectivity index (χ2n) is 8.41. The normalized spacial score (nSPS) is 18.8. The summed E-state index contributed by atoms with van der Waals surface area (Å²) in [7, 11) is 1.76. The Morgan fingerprint density at radius 2 is 1.65 bits per heavy atom. The molecule has 1 fully saturated rings. The van der Waals surface area contributed by atoms with Crippen molar-refractivity contribution in [2.75, 3.05) is 13.7 Å². The first-order chi connectivity index (χ1) is 15.3. The summed E-state index contributed by atoms with van der Waals surface area (Å²) in [5, 5.41) is 7.75. The number of rotatable bonds is 8. The second kappa shape index (κ2) is 10.6. The van der Waals surface area contributed by atoms with Gasteiger partial charge < -0.3 is 15.4 Å². The van der Waals surface area contributed by atoms with E-state index in [0.717, 1.165) is 25.3 Å². The predicted octanol–water partition coefficient (Wildman–Crippen LogP) is 5.30. The van der Waals surface area contributed by atoms with Crippen molar-refractivity contribution in [1.82, 2.24) is 10.6 Å². The highest BCUT2D eigenvalue weighted by Crippen LogP contribution is 2.32. The lowest BCUT2D eigenvalue weighted by atomic mass is 9.79. The van der Waals surface area contributed by atoms with E-state index in [2.05, 4.69) is 96.4 Å². The van der Waals surface area contributed by atoms with E-state index in [1.165, 1.54) is 35.1 Å². The molecule has 31 heavy (non-hydrogen) atoms. The summed E-state index contributed by atoms with van der Waals surface area (Å²) in [5.41, 5.74) is 5.32. The second-order valence-corrected chi connectivity index (χ2v) is 8.41. The van der Waals surface area contributed by atoms with Crippen molar-refractivity contribution in [2.24, 2.45) is 0 Å². The molecule has 1 heterocycles. The highest BCUT2D eigenvalue weighted by molar-refractivity contribution is 5.38. The van der Waals surface area contributed by atoms with Gasteiger partial charge >= 0.3 is 0 Å². The maximum Gasteiger partial charge on any atom is 0.123 e. The molecule has 0 aliphatic carbocycles. The third-order valence-electron chi connectivity index (χ3n) is 6.49. The minimum Gasteiger partial charge on any atom is -0.496 e. The van der Waals surface area contributed by atoms with Gasteiger partial charge in [0.25, 0.3) is 0 Å². The van der Waals surface area contributed by atoms with Crippen LogP contribution in [-0.2, 0) is 13.0 Å². The predicted molar refractivity (Wildman–Crippen MR) is 129 cm³/mol. The Morgan fingerprint density at radius 3 is 2.26 bits per heavy atom. The van der Waals surface area contributed by atoms with Gasteiger partial charge in [-0.05, 0) is 48.6 Å². The molecule has 2 N–H and O–H groups in total. The number of methoxy groups -OCH3 is 1. The van der Waals surface area contributed by atoms with Gasteiger partial charge in [-0.15, -0.1) is 0 Å². The lowest BCUT2D eigenvalue weighted by Crippen LogP contribution is -2.54. The van der Waals surface area contributed by atoms with Crippen LogP contribution >= 0.6 is 0 Å². The van der Waals surface area contributed by atoms with Crippen LogP contribution in [0, 0.1) is 0 Å². The summed E-state index contributed by atoms with van der Waals surface area (Å²) >= 11 is 0. The van der Waals surface area contributed by atoms with Crippen LogP contribution in [0.1, 0.15) is 47.9 Å². The number of benzene rings is 3. The van der Waals surface area contributed by atoms with E-state index in [1.807, 2.05) is 0 Å². The lowest BCUT2D eigenvalue weighted by molar-refractivity contribution is 0.279. The zero-order valence-electron chi connectivity index (χ0n) is 18.7. The number of ether oxygens (including phenoxy) is 1. The van der Waals surface area contributed by atoms with Crippen molar-refractivity contribution in [3.8, 4) is 5.75 Å². The monoisotopic (exact) mass is 414 g/mol. The van der Waals surface area contributed by atoms with Crippen molar-refractivity contribution in [3.05, 3.63) is 101 Å². The van der Waals surface area contributed by atoms with Crippen molar-refractivity contribution >= 4 is 0 Å².